The van der Waals surface area contributed by atoms with Crippen LogP contribution in [0.2, 0.25) is 0 Å². The van der Waals surface area contributed by atoms with Crippen LogP contribution in [0.4, 0.5) is 10.5 Å². The van der Waals surface area contributed by atoms with Crippen molar-refractivity contribution in [2.24, 2.45) is 5.92 Å². The van der Waals surface area contributed by atoms with Crippen LogP contribution >= 0.6 is 0 Å². The monoisotopic (exact) mass is 352 g/mol. The van der Waals surface area contributed by atoms with Crippen molar-refractivity contribution in [2.75, 3.05) is 58.8 Å². The summed E-state index contributed by atoms with van der Waals surface area (Å²) in [5.74, 6) is 0.487. The Morgan fingerprint density at radius 3 is 2.68 bits per heavy atom. The number of hydrogen-bond acceptors (Lipinski definition) is 5. The molecule has 1 atom stereocenters. The molecule has 2 amide bonds. The van der Waals surface area contributed by atoms with Crippen LogP contribution in [0.15, 0.2) is 12.4 Å². The van der Waals surface area contributed by atoms with Gasteiger partial charge in [0.15, 0.2) is 0 Å². The summed E-state index contributed by atoms with van der Waals surface area (Å²) in [5, 5.41) is 10.0. The summed E-state index contributed by atoms with van der Waals surface area (Å²) < 4.78 is 6.77. The van der Waals surface area contributed by atoms with Gasteiger partial charge in [0.2, 0.25) is 0 Å². The van der Waals surface area contributed by atoms with Gasteiger partial charge in [0, 0.05) is 52.1 Å². The number of nitrogens with one attached hydrogen (secondary N) is 2. The second-order valence-corrected chi connectivity index (χ2v) is 6.97. The number of anilines is 1. The zero-order chi connectivity index (χ0) is 18.2. The van der Waals surface area contributed by atoms with Crippen molar-refractivity contribution < 1.29 is 9.53 Å². The molecular formula is C17H32N6O2. The van der Waals surface area contributed by atoms with Gasteiger partial charge in [-0.2, -0.15) is 5.10 Å². The molecule has 2 rings (SSSR count). The number of piperazine rings is 1. The highest BCUT2D eigenvalue weighted by Gasteiger charge is 2.25. The van der Waals surface area contributed by atoms with E-state index in [1.54, 1.807) is 24.2 Å². The van der Waals surface area contributed by atoms with Gasteiger partial charge in [0.05, 0.1) is 25.0 Å². The SMILES string of the molecule is COCCn1cc(NC(=O)NC[C@@H](C(C)C)N2CCN(C)CC2)cn1. The molecule has 0 radical (unpaired) electrons. The topological polar surface area (TPSA) is 74.7 Å². The molecule has 2 N–H and O–H groups in total. The average Bonchev–Trinajstić information content (AvgIpc) is 3.01. The molecule has 1 fully saturated rings. The fourth-order valence-corrected chi connectivity index (χ4v) is 3.05. The van der Waals surface area contributed by atoms with Crippen molar-refractivity contribution in [3.8, 4) is 0 Å². The van der Waals surface area contributed by atoms with Crippen LogP contribution < -0.4 is 10.6 Å². The Kier molecular flexibility index (Phi) is 7.67. The summed E-state index contributed by atoms with van der Waals surface area (Å²) >= 11 is 0. The molecule has 1 aromatic heterocycles. The summed E-state index contributed by atoms with van der Waals surface area (Å²) in [7, 11) is 3.81. The molecule has 1 aliphatic heterocycles. The third kappa shape index (κ3) is 6.30. The van der Waals surface area contributed by atoms with Gasteiger partial charge in [0.1, 0.15) is 0 Å². The Bertz CT molecular complexity index is 525. The maximum atomic E-state index is 12.2. The van der Waals surface area contributed by atoms with Crippen LogP contribution in [0.3, 0.4) is 0 Å². The van der Waals surface area contributed by atoms with E-state index in [-0.39, 0.29) is 6.03 Å². The fraction of sp³-hybridized carbons (Fsp3) is 0.765. The molecule has 8 heteroatoms. The molecule has 1 saturated heterocycles. The molecule has 0 saturated carbocycles. The summed E-state index contributed by atoms with van der Waals surface area (Å²) in [4.78, 5) is 17.0. The van der Waals surface area contributed by atoms with Crippen molar-refractivity contribution in [2.45, 2.75) is 26.4 Å². The average molecular weight is 352 g/mol. The molecular weight excluding hydrogens is 320 g/mol. The molecule has 0 unspecified atom stereocenters. The first-order valence-electron chi connectivity index (χ1n) is 8.98. The maximum Gasteiger partial charge on any atom is 0.319 e. The van der Waals surface area contributed by atoms with E-state index >= 15 is 0 Å². The zero-order valence-electron chi connectivity index (χ0n) is 15.9. The summed E-state index contributed by atoms with van der Waals surface area (Å²) in [6.45, 7) is 10.6. The highest BCUT2D eigenvalue weighted by atomic mass is 16.5. The number of carbonyl (C=O) groups is 1. The van der Waals surface area contributed by atoms with E-state index in [4.69, 9.17) is 4.74 Å². The molecule has 0 bridgehead atoms. The lowest BCUT2D eigenvalue weighted by Gasteiger charge is -2.39. The Hall–Kier alpha value is -1.64. The van der Waals surface area contributed by atoms with Gasteiger partial charge >= 0.3 is 6.03 Å². The van der Waals surface area contributed by atoms with E-state index in [2.05, 4.69) is 46.4 Å². The molecule has 0 spiro atoms. The Morgan fingerprint density at radius 2 is 2.04 bits per heavy atom. The first-order chi connectivity index (χ1) is 12.0. The van der Waals surface area contributed by atoms with E-state index < -0.39 is 0 Å². The van der Waals surface area contributed by atoms with Crippen molar-refractivity contribution in [3.63, 3.8) is 0 Å². The quantitative estimate of drug-likeness (QED) is 0.728. The molecule has 25 heavy (non-hydrogen) atoms. The number of aromatic nitrogens is 2. The van der Waals surface area contributed by atoms with E-state index in [0.717, 1.165) is 26.2 Å². The second-order valence-electron chi connectivity index (χ2n) is 6.97. The number of urea groups is 1. The van der Waals surface area contributed by atoms with Gasteiger partial charge in [-0.3, -0.25) is 9.58 Å². The lowest BCUT2D eigenvalue weighted by molar-refractivity contribution is 0.0890. The number of amides is 2. The fourth-order valence-electron chi connectivity index (χ4n) is 3.05. The number of hydrogen-bond donors (Lipinski definition) is 2. The van der Waals surface area contributed by atoms with Crippen molar-refractivity contribution in [3.05, 3.63) is 12.4 Å². The van der Waals surface area contributed by atoms with Gasteiger partial charge in [-0.05, 0) is 13.0 Å². The summed E-state index contributed by atoms with van der Waals surface area (Å²) in [6, 6.07) is 0.162. The van der Waals surface area contributed by atoms with Crippen molar-refractivity contribution >= 4 is 11.7 Å². The van der Waals surface area contributed by atoms with Crippen LogP contribution in [0.1, 0.15) is 13.8 Å². The highest BCUT2D eigenvalue weighted by molar-refractivity contribution is 5.88. The van der Waals surface area contributed by atoms with E-state index in [1.165, 1.54) is 0 Å². The summed E-state index contributed by atoms with van der Waals surface area (Å²) in [6.07, 6.45) is 3.45. The number of carbonyl (C=O) groups excluding carboxylic acids is 1. The first kappa shape index (κ1) is 19.7. The zero-order valence-corrected chi connectivity index (χ0v) is 15.9. The van der Waals surface area contributed by atoms with Crippen molar-refractivity contribution in [1.82, 2.24) is 24.9 Å². The van der Waals surface area contributed by atoms with Gasteiger partial charge in [-0.15, -0.1) is 0 Å². The largest absolute Gasteiger partial charge is 0.383 e. The number of ether oxygens (including phenoxy) is 1. The lowest BCUT2D eigenvalue weighted by atomic mass is 10.0. The van der Waals surface area contributed by atoms with Gasteiger partial charge < -0.3 is 20.3 Å². The number of nitrogens with zero attached hydrogens (tertiary/aromatic N) is 4. The van der Waals surface area contributed by atoms with E-state index in [9.17, 15) is 4.79 Å². The Morgan fingerprint density at radius 1 is 1.32 bits per heavy atom. The minimum Gasteiger partial charge on any atom is -0.383 e. The molecule has 0 aliphatic carbocycles. The van der Waals surface area contributed by atoms with E-state index in [0.29, 0.717) is 37.3 Å². The molecule has 1 aliphatic rings. The highest BCUT2D eigenvalue weighted by Crippen LogP contribution is 2.13. The normalized spacial score (nSPS) is 17.6. The van der Waals surface area contributed by atoms with Crippen LogP contribution in [0, 0.1) is 5.92 Å². The number of likely N-dealkylation sites (N-methyl/N-ethyl adjacent to an activating group) is 1. The lowest BCUT2D eigenvalue weighted by Crippen LogP contribution is -2.54. The second kappa shape index (κ2) is 9.74. The molecule has 1 aromatic rings. The van der Waals surface area contributed by atoms with Gasteiger partial charge in [0.25, 0.3) is 0 Å². The first-order valence-corrected chi connectivity index (χ1v) is 8.98. The standard InChI is InChI=1S/C17H32N6O2/c1-14(2)16(22-7-5-21(3)6-8-22)12-18-17(24)20-15-11-19-23(13-15)9-10-25-4/h11,13-14,16H,5-10,12H2,1-4H3,(H2,18,20,24)/t16-/m0/s1. The Balaban J connectivity index is 1.79. The van der Waals surface area contributed by atoms with Crippen LogP contribution in [-0.2, 0) is 11.3 Å². The Labute approximate surface area is 150 Å². The molecule has 142 valence electrons. The van der Waals surface area contributed by atoms with Crippen molar-refractivity contribution in [1.29, 1.82) is 0 Å². The van der Waals surface area contributed by atoms with Gasteiger partial charge in [-0.25, -0.2) is 4.79 Å². The smallest absolute Gasteiger partial charge is 0.319 e. The molecule has 2 heterocycles. The molecule has 0 aromatic carbocycles. The van der Waals surface area contributed by atoms with E-state index in [1.807, 2.05) is 0 Å². The maximum absolute atomic E-state index is 12.2. The van der Waals surface area contributed by atoms with Crippen LogP contribution in [0.5, 0.6) is 0 Å². The predicted octanol–water partition coefficient (Wildman–Crippen LogP) is 0.923. The minimum atomic E-state index is -0.189. The third-order valence-corrected chi connectivity index (χ3v) is 4.66. The molecule has 8 nitrogen and oxygen atoms in total. The van der Waals surface area contributed by atoms with Crippen LogP contribution in [-0.4, -0.2) is 85.1 Å². The predicted molar refractivity (Wildman–Crippen MR) is 98.8 cm³/mol. The minimum absolute atomic E-state index is 0.189. The summed E-state index contributed by atoms with van der Waals surface area (Å²) in [5.41, 5.74) is 0.689. The van der Waals surface area contributed by atoms with Crippen LogP contribution in [0.25, 0.3) is 0 Å². The van der Waals surface area contributed by atoms with Gasteiger partial charge in [-0.1, -0.05) is 13.8 Å². The third-order valence-electron chi connectivity index (χ3n) is 4.66. The number of methoxy groups -OCH3 is 1. The number of rotatable bonds is 8.